The Morgan fingerprint density at radius 2 is 2.06 bits per heavy atom. The van der Waals surface area contributed by atoms with Crippen LogP contribution in [0.3, 0.4) is 0 Å². The molecular formula is C12H17ClN4. The zero-order valence-corrected chi connectivity index (χ0v) is 10.8. The lowest BCUT2D eigenvalue weighted by molar-refractivity contribution is 0.207. The fourth-order valence-corrected chi connectivity index (χ4v) is 3.15. The van der Waals surface area contributed by atoms with Crippen molar-refractivity contribution in [2.45, 2.75) is 18.9 Å². The van der Waals surface area contributed by atoms with Crippen LogP contribution in [-0.4, -0.2) is 47.8 Å². The highest BCUT2D eigenvalue weighted by Gasteiger charge is 2.38. The van der Waals surface area contributed by atoms with Gasteiger partial charge in [0.15, 0.2) is 11.0 Å². The molecule has 0 bridgehead atoms. The molecule has 17 heavy (non-hydrogen) atoms. The molecule has 4 nitrogen and oxygen atoms in total. The number of anilines is 1. The Labute approximate surface area is 107 Å². The molecular weight excluding hydrogens is 236 g/mol. The van der Waals surface area contributed by atoms with E-state index < -0.39 is 0 Å². The number of nitrogens with zero attached hydrogens (tertiary/aromatic N) is 4. The number of aromatic nitrogens is 2. The molecule has 3 rings (SSSR count). The quantitative estimate of drug-likeness (QED) is 0.761. The number of likely N-dealkylation sites (tertiary alicyclic amines) is 1. The van der Waals surface area contributed by atoms with E-state index in [9.17, 15) is 0 Å². The molecule has 0 radical (unpaired) electrons. The Kier molecular flexibility index (Phi) is 2.92. The van der Waals surface area contributed by atoms with E-state index in [1.54, 1.807) is 0 Å². The summed E-state index contributed by atoms with van der Waals surface area (Å²) in [6, 6.07) is 4.40. The third-order valence-corrected chi connectivity index (χ3v) is 4.18. The van der Waals surface area contributed by atoms with E-state index in [2.05, 4.69) is 27.0 Å². The lowest BCUT2D eigenvalue weighted by Gasteiger charge is -2.36. The molecule has 0 amide bonds. The first-order valence-electron chi connectivity index (χ1n) is 6.18. The van der Waals surface area contributed by atoms with E-state index in [1.807, 2.05) is 12.1 Å². The normalized spacial score (nSPS) is 29.4. The Bertz CT molecular complexity index is 394. The molecule has 0 aromatic carbocycles. The first-order valence-corrected chi connectivity index (χ1v) is 6.56. The van der Waals surface area contributed by atoms with Gasteiger partial charge in [-0.1, -0.05) is 11.6 Å². The average molecular weight is 253 g/mol. The number of halogens is 1. The maximum atomic E-state index is 5.78. The fourth-order valence-electron chi connectivity index (χ4n) is 3.05. The van der Waals surface area contributed by atoms with Gasteiger partial charge in [-0.3, -0.25) is 0 Å². The molecule has 1 aromatic heterocycles. The fraction of sp³-hybridized carbons (Fsp3) is 0.667. The van der Waals surface area contributed by atoms with Crippen molar-refractivity contribution in [3.05, 3.63) is 17.3 Å². The second-order valence-corrected chi connectivity index (χ2v) is 5.46. The van der Waals surface area contributed by atoms with Crippen molar-refractivity contribution in [2.24, 2.45) is 5.92 Å². The van der Waals surface area contributed by atoms with Crippen molar-refractivity contribution >= 4 is 17.4 Å². The van der Waals surface area contributed by atoms with Crippen LogP contribution in [0.4, 0.5) is 5.82 Å². The van der Waals surface area contributed by atoms with E-state index in [4.69, 9.17) is 11.6 Å². The maximum absolute atomic E-state index is 5.78. The summed E-state index contributed by atoms with van der Waals surface area (Å²) in [4.78, 5) is 4.80. The van der Waals surface area contributed by atoms with Gasteiger partial charge in [-0.25, -0.2) is 0 Å². The zero-order valence-electron chi connectivity index (χ0n) is 10.0. The summed E-state index contributed by atoms with van der Waals surface area (Å²) in [6.45, 7) is 3.45. The van der Waals surface area contributed by atoms with Gasteiger partial charge in [-0.2, -0.15) is 0 Å². The Morgan fingerprint density at radius 3 is 2.82 bits per heavy atom. The van der Waals surface area contributed by atoms with E-state index in [0.29, 0.717) is 11.2 Å². The van der Waals surface area contributed by atoms with Crippen LogP contribution < -0.4 is 4.90 Å². The number of hydrogen-bond acceptors (Lipinski definition) is 4. The Balaban J connectivity index is 1.81. The molecule has 92 valence electrons. The minimum atomic E-state index is 0.463. The SMILES string of the molecule is CN1CC[C@H]2CCN(c3ccc(Cl)nn3)[C@H]2C1. The van der Waals surface area contributed by atoms with Gasteiger partial charge in [0, 0.05) is 19.1 Å². The summed E-state index contributed by atoms with van der Waals surface area (Å²) in [5.74, 6) is 1.79. The standard InChI is InChI=1S/C12H17ClN4/c1-16-6-4-9-5-7-17(10(9)8-16)12-3-2-11(13)14-15-12/h2-3,9-10H,4-8H2,1H3/t9-,10-/m0/s1. The summed E-state index contributed by atoms with van der Waals surface area (Å²) in [7, 11) is 2.19. The van der Waals surface area contributed by atoms with Crippen molar-refractivity contribution in [3.63, 3.8) is 0 Å². The summed E-state index contributed by atoms with van der Waals surface area (Å²) in [5, 5.41) is 8.61. The Morgan fingerprint density at radius 1 is 1.24 bits per heavy atom. The molecule has 2 saturated heterocycles. The molecule has 1 aromatic rings. The number of fused-ring (bicyclic) bond motifs is 1. The number of piperidine rings is 1. The second-order valence-electron chi connectivity index (χ2n) is 5.07. The van der Waals surface area contributed by atoms with Crippen LogP contribution in [0.1, 0.15) is 12.8 Å². The van der Waals surface area contributed by atoms with Gasteiger partial charge in [-0.05, 0) is 44.5 Å². The van der Waals surface area contributed by atoms with E-state index >= 15 is 0 Å². The second kappa shape index (κ2) is 4.42. The minimum absolute atomic E-state index is 0.463. The summed E-state index contributed by atoms with van der Waals surface area (Å²) >= 11 is 5.78. The predicted octanol–water partition coefficient (Wildman–Crippen LogP) is 1.66. The summed E-state index contributed by atoms with van der Waals surface area (Å²) in [5.41, 5.74) is 0. The van der Waals surface area contributed by atoms with Gasteiger partial charge in [0.25, 0.3) is 0 Å². The van der Waals surface area contributed by atoms with Crippen LogP contribution >= 0.6 is 11.6 Å². The van der Waals surface area contributed by atoms with Crippen LogP contribution in [0.15, 0.2) is 12.1 Å². The smallest absolute Gasteiger partial charge is 0.151 e. The molecule has 2 aliphatic heterocycles. The average Bonchev–Trinajstić information content (AvgIpc) is 2.73. The topological polar surface area (TPSA) is 32.3 Å². The zero-order chi connectivity index (χ0) is 11.8. The van der Waals surface area contributed by atoms with Crippen molar-refractivity contribution in [1.29, 1.82) is 0 Å². The van der Waals surface area contributed by atoms with Gasteiger partial charge >= 0.3 is 0 Å². The Hall–Kier alpha value is -0.870. The molecule has 5 heteroatoms. The first-order chi connectivity index (χ1) is 8.24. The van der Waals surface area contributed by atoms with E-state index in [0.717, 1.165) is 24.8 Å². The third kappa shape index (κ3) is 2.11. The highest BCUT2D eigenvalue weighted by atomic mass is 35.5. The van der Waals surface area contributed by atoms with Gasteiger partial charge in [0.1, 0.15) is 0 Å². The van der Waals surface area contributed by atoms with Crippen molar-refractivity contribution in [1.82, 2.24) is 15.1 Å². The van der Waals surface area contributed by atoms with Crippen molar-refractivity contribution < 1.29 is 0 Å². The molecule has 0 saturated carbocycles. The van der Waals surface area contributed by atoms with E-state index in [1.165, 1.54) is 19.4 Å². The van der Waals surface area contributed by atoms with Crippen LogP contribution in [0.25, 0.3) is 0 Å². The van der Waals surface area contributed by atoms with Crippen molar-refractivity contribution in [2.75, 3.05) is 31.6 Å². The largest absolute Gasteiger partial charge is 0.351 e. The van der Waals surface area contributed by atoms with Gasteiger partial charge in [0.05, 0.1) is 0 Å². The molecule has 0 N–H and O–H groups in total. The monoisotopic (exact) mass is 252 g/mol. The lowest BCUT2D eigenvalue weighted by atomic mass is 9.92. The van der Waals surface area contributed by atoms with Crippen LogP contribution in [0.5, 0.6) is 0 Å². The number of likely N-dealkylation sites (N-methyl/N-ethyl adjacent to an activating group) is 1. The van der Waals surface area contributed by atoms with E-state index in [-0.39, 0.29) is 0 Å². The highest BCUT2D eigenvalue weighted by Crippen LogP contribution is 2.33. The van der Waals surface area contributed by atoms with Gasteiger partial charge < -0.3 is 9.80 Å². The molecule has 2 aliphatic rings. The van der Waals surface area contributed by atoms with Crippen molar-refractivity contribution in [3.8, 4) is 0 Å². The lowest BCUT2D eigenvalue weighted by Crippen LogP contribution is -2.46. The molecule has 2 fully saturated rings. The molecule has 2 atom stereocenters. The third-order valence-electron chi connectivity index (χ3n) is 3.98. The minimum Gasteiger partial charge on any atom is -0.351 e. The first kappa shape index (κ1) is 11.2. The highest BCUT2D eigenvalue weighted by molar-refractivity contribution is 6.29. The molecule has 0 aliphatic carbocycles. The maximum Gasteiger partial charge on any atom is 0.151 e. The molecule has 0 spiro atoms. The predicted molar refractivity (Wildman–Crippen MR) is 68.4 cm³/mol. The van der Waals surface area contributed by atoms with Gasteiger partial charge in [-0.15, -0.1) is 10.2 Å². The van der Waals surface area contributed by atoms with Gasteiger partial charge in [0.2, 0.25) is 0 Å². The number of hydrogen-bond donors (Lipinski definition) is 0. The van der Waals surface area contributed by atoms with Crippen LogP contribution in [0.2, 0.25) is 5.15 Å². The molecule has 3 heterocycles. The molecule has 0 unspecified atom stereocenters. The summed E-state index contributed by atoms with van der Waals surface area (Å²) in [6.07, 6.45) is 2.58. The summed E-state index contributed by atoms with van der Waals surface area (Å²) < 4.78 is 0. The van der Waals surface area contributed by atoms with Crippen LogP contribution in [0, 0.1) is 5.92 Å². The van der Waals surface area contributed by atoms with Crippen LogP contribution in [-0.2, 0) is 0 Å². The number of rotatable bonds is 1.